The van der Waals surface area contributed by atoms with E-state index in [1.54, 1.807) is 7.11 Å². The fourth-order valence-electron chi connectivity index (χ4n) is 5.94. The molecule has 1 aliphatic heterocycles. The first kappa shape index (κ1) is 23.1. The number of hydrogen-bond acceptors (Lipinski definition) is 4. The number of nitrogens with zero attached hydrogens (tertiary/aromatic N) is 1. The number of halogens is 2. The number of carbonyl (C=O) groups excluding carboxylic acids is 2. The second kappa shape index (κ2) is 9.06. The normalized spacial score (nSPS) is 29.4. The summed E-state index contributed by atoms with van der Waals surface area (Å²) in [6.07, 6.45) is 2.53. The van der Waals surface area contributed by atoms with Crippen LogP contribution in [0.2, 0.25) is 0 Å². The number of methoxy groups -OCH3 is 1. The van der Waals surface area contributed by atoms with Crippen LogP contribution in [0.5, 0.6) is 0 Å². The third-order valence-electron chi connectivity index (χ3n) is 7.51. The van der Waals surface area contributed by atoms with Crippen molar-refractivity contribution in [3.63, 3.8) is 0 Å². The van der Waals surface area contributed by atoms with E-state index in [1.165, 1.54) is 0 Å². The van der Waals surface area contributed by atoms with Gasteiger partial charge in [0.2, 0.25) is 0 Å². The van der Waals surface area contributed by atoms with Gasteiger partial charge in [-0.05, 0) is 68.6 Å². The summed E-state index contributed by atoms with van der Waals surface area (Å²) in [5.74, 6) is -0.538. The first-order valence-electron chi connectivity index (χ1n) is 11.5. The van der Waals surface area contributed by atoms with Crippen LogP contribution in [0.4, 0.5) is 13.6 Å². The minimum absolute atomic E-state index is 0.111. The molecule has 1 saturated heterocycles. The standard InChI is InChI=1S/C24H32F2N2O4/c1-3-32-12-4-5-16-6-7-17-14-23(10-8-18(31-2)9-11-23)24(19(17)13-16)21(29)28(15-20(25)26)22(30)27-24/h6-7,13,18,20H,3-5,8-12,14-15H2,1-2H3,(H,27,30). The van der Waals surface area contributed by atoms with E-state index >= 15 is 0 Å². The fourth-order valence-corrected chi connectivity index (χ4v) is 5.94. The molecule has 6 nitrogen and oxygen atoms in total. The van der Waals surface area contributed by atoms with Crippen molar-refractivity contribution in [2.45, 2.75) is 69.9 Å². The van der Waals surface area contributed by atoms with Gasteiger partial charge in [0, 0.05) is 25.7 Å². The molecule has 4 rings (SSSR count). The van der Waals surface area contributed by atoms with Gasteiger partial charge in [0.25, 0.3) is 12.3 Å². The summed E-state index contributed by atoms with van der Waals surface area (Å²) in [5.41, 5.74) is 1.03. The van der Waals surface area contributed by atoms with Gasteiger partial charge in [0.15, 0.2) is 5.54 Å². The Labute approximate surface area is 187 Å². The lowest BCUT2D eigenvalue weighted by Crippen LogP contribution is -2.57. The molecule has 1 unspecified atom stereocenters. The van der Waals surface area contributed by atoms with Gasteiger partial charge in [-0.25, -0.2) is 13.6 Å². The minimum atomic E-state index is -2.77. The summed E-state index contributed by atoms with van der Waals surface area (Å²) >= 11 is 0. The predicted molar refractivity (Wildman–Crippen MR) is 115 cm³/mol. The summed E-state index contributed by atoms with van der Waals surface area (Å²) in [6.45, 7) is 2.39. The number of imide groups is 1. The average Bonchev–Trinajstić information content (AvgIpc) is 3.18. The summed E-state index contributed by atoms with van der Waals surface area (Å²) in [7, 11) is 1.68. The lowest BCUT2D eigenvalue weighted by atomic mass is 9.61. The van der Waals surface area contributed by atoms with Gasteiger partial charge in [-0.15, -0.1) is 0 Å². The molecule has 1 atom stereocenters. The monoisotopic (exact) mass is 450 g/mol. The number of amides is 3. The van der Waals surface area contributed by atoms with Crippen LogP contribution in [0.3, 0.4) is 0 Å². The summed E-state index contributed by atoms with van der Waals surface area (Å²) in [5, 5.41) is 2.93. The summed E-state index contributed by atoms with van der Waals surface area (Å²) in [6, 6.07) is 5.39. The highest BCUT2D eigenvalue weighted by Crippen LogP contribution is 2.60. The highest BCUT2D eigenvalue weighted by molar-refractivity contribution is 6.09. The van der Waals surface area contributed by atoms with Crippen LogP contribution in [0.1, 0.15) is 55.7 Å². The molecule has 2 aliphatic carbocycles. The van der Waals surface area contributed by atoms with Gasteiger partial charge in [-0.3, -0.25) is 9.69 Å². The Morgan fingerprint density at radius 2 is 2.00 bits per heavy atom. The number of ether oxygens (including phenoxy) is 2. The second-order valence-electron chi connectivity index (χ2n) is 9.17. The van der Waals surface area contributed by atoms with E-state index < -0.39 is 35.9 Å². The Morgan fingerprint density at radius 1 is 1.25 bits per heavy atom. The molecule has 3 amide bonds. The molecule has 0 radical (unpaired) electrons. The number of urea groups is 1. The predicted octanol–water partition coefficient (Wildman–Crippen LogP) is 3.80. The van der Waals surface area contributed by atoms with Gasteiger partial charge >= 0.3 is 6.03 Å². The number of aryl methyl sites for hydroxylation is 1. The third kappa shape index (κ3) is 3.71. The molecule has 1 N–H and O–H groups in total. The van der Waals surface area contributed by atoms with E-state index in [0.29, 0.717) is 37.4 Å². The molecule has 3 aliphatic rings. The molecular formula is C24H32F2N2O4. The van der Waals surface area contributed by atoms with Crippen molar-refractivity contribution in [2.24, 2.45) is 5.41 Å². The Bertz CT molecular complexity index is 870. The number of rotatable bonds is 8. The fraction of sp³-hybridized carbons (Fsp3) is 0.667. The largest absolute Gasteiger partial charge is 0.382 e. The maximum atomic E-state index is 13.7. The van der Waals surface area contributed by atoms with Crippen LogP contribution < -0.4 is 5.32 Å². The van der Waals surface area contributed by atoms with Crippen molar-refractivity contribution >= 4 is 11.9 Å². The topological polar surface area (TPSA) is 67.9 Å². The maximum absolute atomic E-state index is 13.7. The smallest absolute Gasteiger partial charge is 0.325 e. The number of hydrogen-bond donors (Lipinski definition) is 1. The quantitative estimate of drug-likeness (QED) is 0.483. The Balaban J connectivity index is 1.72. The molecule has 176 valence electrons. The van der Waals surface area contributed by atoms with Crippen molar-refractivity contribution in [2.75, 3.05) is 26.9 Å². The zero-order valence-corrected chi connectivity index (χ0v) is 18.8. The molecule has 0 bridgehead atoms. The van der Waals surface area contributed by atoms with E-state index in [-0.39, 0.29) is 6.10 Å². The van der Waals surface area contributed by atoms with Crippen LogP contribution in [0.15, 0.2) is 18.2 Å². The molecular weight excluding hydrogens is 418 g/mol. The molecule has 1 aromatic carbocycles. The molecule has 1 heterocycles. The first-order valence-corrected chi connectivity index (χ1v) is 11.5. The van der Waals surface area contributed by atoms with E-state index in [0.717, 1.165) is 42.4 Å². The highest BCUT2D eigenvalue weighted by atomic mass is 19.3. The third-order valence-corrected chi connectivity index (χ3v) is 7.51. The van der Waals surface area contributed by atoms with E-state index in [2.05, 4.69) is 11.4 Å². The molecule has 0 aromatic heterocycles. The SMILES string of the molecule is CCOCCCc1ccc2c(c1)C1(NC(=O)N(CC(F)F)C1=O)C1(CCC(OC)CC1)C2. The van der Waals surface area contributed by atoms with Crippen LogP contribution >= 0.6 is 0 Å². The Kier molecular flexibility index (Phi) is 6.54. The molecule has 2 fully saturated rings. The van der Waals surface area contributed by atoms with E-state index in [1.807, 2.05) is 19.1 Å². The number of fused-ring (bicyclic) bond motifs is 3. The summed E-state index contributed by atoms with van der Waals surface area (Å²) in [4.78, 5) is 27.2. The van der Waals surface area contributed by atoms with Gasteiger partial charge in [0.1, 0.15) is 0 Å². The molecule has 8 heteroatoms. The molecule has 32 heavy (non-hydrogen) atoms. The lowest BCUT2D eigenvalue weighted by molar-refractivity contribution is -0.139. The van der Waals surface area contributed by atoms with Crippen molar-refractivity contribution < 1.29 is 27.8 Å². The van der Waals surface area contributed by atoms with Crippen molar-refractivity contribution in [3.8, 4) is 0 Å². The number of alkyl halides is 2. The van der Waals surface area contributed by atoms with Crippen LogP contribution in [-0.4, -0.2) is 56.2 Å². The Morgan fingerprint density at radius 3 is 2.66 bits per heavy atom. The lowest BCUT2D eigenvalue weighted by Gasteiger charge is -2.46. The maximum Gasteiger partial charge on any atom is 0.325 e. The van der Waals surface area contributed by atoms with Crippen LogP contribution in [0, 0.1) is 5.41 Å². The second-order valence-corrected chi connectivity index (χ2v) is 9.17. The first-order chi connectivity index (χ1) is 15.4. The molecule has 1 aromatic rings. The summed E-state index contributed by atoms with van der Waals surface area (Å²) < 4.78 is 37.4. The number of carbonyl (C=O) groups is 2. The zero-order valence-electron chi connectivity index (χ0n) is 18.8. The van der Waals surface area contributed by atoms with Crippen molar-refractivity contribution in [1.82, 2.24) is 10.2 Å². The highest BCUT2D eigenvalue weighted by Gasteiger charge is 2.68. The van der Waals surface area contributed by atoms with E-state index in [4.69, 9.17) is 9.47 Å². The van der Waals surface area contributed by atoms with Gasteiger partial charge < -0.3 is 14.8 Å². The van der Waals surface area contributed by atoms with Gasteiger partial charge in [0.05, 0.1) is 12.6 Å². The van der Waals surface area contributed by atoms with Crippen molar-refractivity contribution in [3.05, 3.63) is 34.9 Å². The molecule has 1 saturated carbocycles. The number of nitrogens with one attached hydrogen (secondary N) is 1. The van der Waals surface area contributed by atoms with Gasteiger partial charge in [-0.2, -0.15) is 0 Å². The zero-order chi connectivity index (χ0) is 22.9. The van der Waals surface area contributed by atoms with Crippen LogP contribution in [-0.2, 0) is 32.6 Å². The number of benzene rings is 1. The molecule has 2 spiro atoms. The minimum Gasteiger partial charge on any atom is -0.382 e. The van der Waals surface area contributed by atoms with Crippen molar-refractivity contribution in [1.29, 1.82) is 0 Å². The average molecular weight is 451 g/mol. The Hall–Kier alpha value is -2.06. The van der Waals surface area contributed by atoms with Gasteiger partial charge in [-0.1, -0.05) is 18.2 Å². The van der Waals surface area contributed by atoms with E-state index in [9.17, 15) is 18.4 Å². The van der Waals surface area contributed by atoms with Crippen LogP contribution in [0.25, 0.3) is 0 Å².